The summed E-state index contributed by atoms with van der Waals surface area (Å²) in [6.45, 7) is -0.377. The van der Waals surface area contributed by atoms with Crippen molar-refractivity contribution < 1.29 is 14.5 Å². The number of benzodiazepines with no additional fused rings is 1. The number of nitro groups is 1. The molecule has 170 valence electrons. The monoisotopic (exact) mass is 519 g/mol. The maximum atomic E-state index is 12.9. The molecule has 1 N–H and O–H groups in total. The number of hydrazone groups is 1. The number of amides is 2. The number of benzene rings is 3. The fourth-order valence-electron chi connectivity index (χ4n) is 3.48. The van der Waals surface area contributed by atoms with Crippen molar-refractivity contribution in [1.82, 2.24) is 5.43 Å². The first-order valence-corrected chi connectivity index (χ1v) is 11.0. The summed E-state index contributed by atoms with van der Waals surface area (Å²) in [7, 11) is 0. The summed E-state index contributed by atoms with van der Waals surface area (Å²) in [6, 6.07) is 20.8. The molecule has 34 heavy (non-hydrogen) atoms. The average molecular weight is 520 g/mol. The lowest BCUT2D eigenvalue weighted by Crippen LogP contribution is -2.40. The minimum absolute atomic E-state index is 0.0811. The fraction of sp³-hybridized carbons (Fsp3) is 0.0833. The van der Waals surface area contributed by atoms with Gasteiger partial charge in [-0.05, 0) is 18.2 Å². The van der Waals surface area contributed by atoms with Gasteiger partial charge in [-0.15, -0.1) is 0 Å². The Hall–Kier alpha value is -4.18. The molecule has 3 aromatic carbocycles. The number of hydrogen-bond donors (Lipinski definition) is 1. The minimum atomic E-state index is -0.521. The maximum absolute atomic E-state index is 12.9. The van der Waals surface area contributed by atoms with E-state index in [2.05, 4.69) is 31.4 Å². The van der Waals surface area contributed by atoms with Crippen LogP contribution in [0.2, 0.25) is 0 Å². The van der Waals surface area contributed by atoms with Gasteiger partial charge in [0.2, 0.25) is 5.91 Å². The van der Waals surface area contributed by atoms with E-state index in [0.29, 0.717) is 17.0 Å². The zero-order chi connectivity index (χ0) is 24.1. The second-order valence-electron chi connectivity index (χ2n) is 7.32. The van der Waals surface area contributed by atoms with Crippen molar-refractivity contribution in [3.63, 3.8) is 0 Å². The van der Waals surface area contributed by atoms with E-state index in [1.165, 1.54) is 29.3 Å². The Morgan fingerprint density at radius 1 is 1.15 bits per heavy atom. The molecule has 0 unspecified atom stereocenters. The lowest BCUT2D eigenvalue weighted by Gasteiger charge is -2.22. The molecular weight excluding hydrogens is 502 g/mol. The Kier molecular flexibility index (Phi) is 6.88. The molecule has 0 fully saturated rings. The second kappa shape index (κ2) is 10.2. The van der Waals surface area contributed by atoms with Crippen LogP contribution in [-0.4, -0.2) is 41.8 Å². The summed E-state index contributed by atoms with van der Waals surface area (Å²) in [6.07, 6.45) is 1.30. The number of nitro benzene ring substituents is 1. The standard InChI is InChI=1S/C24H18BrN5O4/c25-18-9-10-21-20(12-18)24(17-6-2-1-3-7-17)26-14-23(32)29(21)15-22(31)28-27-13-16-5-4-8-19(11-16)30(33)34/h1-13H,14-15H2,(H,28,31). The third-order valence-electron chi connectivity index (χ3n) is 5.01. The molecule has 4 rings (SSSR count). The van der Waals surface area contributed by atoms with Gasteiger partial charge in [-0.1, -0.05) is 58.4 Å². The van der Waals surface area contributed by atoms with Gasteiger partial charge in [-0.2, -0.15) is 5.10 Å². The fourth-order valence-corrected chi connectivity index (χ4v) is 3.84. The van der Waals surface area contributed by atoms with Crippen molar-refractivity contribution >= 4 is 51.0 Å². The van der Waals surface area contributed by atoms with Gasteiger partial charge in [0.15, 0.2) is 0 Å². The Labute approximate surface area is 203 Å². The summed E-state index contributed by atoms with van der Waals surface area (Å²) in [5, 5.41) is 14.8. The zero-order valence-electron chi connectivity index (χ0n) is 17.7. The van der Waals surface area contributed by atoms with E-state index in [1.54, 1.807) is 18.2 Å². The molecule has 0 aliphatic carbocycles. The number of hydrogen-bond acceptors (Lipinski definition) is 6. The smallest absolute Gasteiger partial charge is 0.270 e. The van der Waals surface area contributed by atoms with E-state index in [4.69, 9.17) is 0 Å². The number of aliphatic imine (C=N–C) groups is 1. The molecule has 3 aromatic rings. The molecule has 0 spiro atoms. The van der Waals surface area contributed by atoms with Crippen molar-refractivity contribution in [2.45, 2.75) is 0 Å². The number of nitrogens with zero attached hydrogens (tertiary/aromatic N) is 4. The lowest BCUT2D eigenvalue weighted by atomic mass is 10.0. The molecule has 10 heteroatoms. The number of anilines is 1. The number of halogens is 1. The van der Waals surface area contributed by atoms with Crippen LogP contribution in [0, 0.1) is 10.1 Å². The number of carbonyl (C=O) groups is 2. The highest BCUT2D eigenvalue weighted by Gasteiger charge is 2.27. The third kappa shape index (κ3) is 5.24. The van der Waals surface area contributed by atoms with Gasteiger partial charge in [0, 0.05) is 33.3 Å². The molecule has 1 aliphatic heterocycles. The van der Waals surface area contributed by atoms with Crippen LogP contribution in [-0.2, 0) is 9.59 Å². The van der Waals surface area contributed by atoms with Gasteiger partial charge < -0.3 is 4.90 Å². The number of carbonyl (C=O) groups excluding carboxylic acids is 2. The van der Waals surface area contributed by atoms with E-state index in [1.807, 2.05) is 36.4 Å². The molecule has 1 heterocycles. The quantitative estimate of drug-likeness (QED) is 0.303. The highest BCUT2D eigenvalue weighted by molar-refractivity contribution is 9.10. The minimum Gasteiger partial charge on any atom is -0.301 e. The highest BCUT2D eigenvalue weighted by atomic mass is 79.9. The number of non-ortho nitro benzene ring substituents is 1. The molecule has 0 aromatic heterocycles. The summed E-state index contributed by atoms with van der Waals surface area (Å²) >= 11 is 3.47. The van der Waals surface area contributed by atoms with Crippen LogP contribution < -0.4 is 10.3 Å². The Balaban J connectivity index is 1.54. The topological polar surface area (TPSA) is 117 Å². The van der Waals surface area contributed by atoms with Gasteiger partial charge in [0.1, 0.15) is 13.1 Å². The summed E-state index contributed by atoms with van der Waals surface area (Å²) in [4.78, 5) is 41.8. The van der Waals surface area contributed by atoms with Gasteiger partial charge in [0.25, 0.3) is 11.6 Å². The first-order chi connectivity index (χ1) is 16.4. The molecule has 9 nitrogen and oxygen atoms in total. The normalized spacial score (nSPS) is 13.3. The molecule has 1 aliphatic rings. The van der Waals surface area contributed by atoms with Crippen LogP contribution in [0.1, 0.15) is 16.7 Å². The predicted molar refractivity (Wildman–Crippen MR) is 132 cm³/mol. The molecule has 2 amide bonds. The SMILES string of the molecule is O=C(CN1C(=O)CN=C(c2ccccc2)c2cc(Br)ccc21)NN=Cc1cccc([N+](=O)[O-])c1. The Morgan fingerprint density at radius 2 is 1.94 bits per heavy atom. The van der Waals surface area contributed by atoms with Crippen molar-refractivity contribution in [3.05, 3.63) is 104 Å². The molecule has 0 radical (unpaired) electrons. The summed E-state index contributed by atoms with van der Waals surface area (Å²) in [5.74, 6) is -0.848. The maximum Gasteiger partial charge on any atom is 0.270 e. The molecular formula is C24H18BrN5O4. The van der Waals surface area contributed by atoms with Gasteiger partial charge in [-0.25, -0.2) is 5.43 Å². The Bertz CT molecular complexity index is 1320. The predicted octanol–water partition coefficient (Wildman–Crippen LogP) is 3.69. The van der Waals surface area contributed by atoms with Crippen LogP contribution in [0.15, 0.2) is 87.4 Å². The van der Waals surface area contributed by atoms with Crippen molar-refractivity contribution in [2.75, 3.05) is 18.0 Å². The largest absolute Gasteiger partial charge is 0.301 e. The van der Waals surface area contributed by atoms with Crippen LogP contribution in [0.3, 0.4) is 0 Å². The van der Waals surface area contributed by atoms with Gasteiger partial charge >= 0.3 is 0 Å². The van der Waals surface area contributed by atoms with E-state index < -0.39 is 10.8 Å². The number of rotatable bonds is 6. The first kappa shape index (κ1) is 23.0. The van der Waals surface area contributed by atoms with E-state index >= 15 is 0 Å². The molecule has 0 atom stereocenters. The van der Waals surface area contributed by atoms with Crippen molar-refractivity contribution in [1.29, 1.82) is 0 Å². The Morgan fingerprint density at radius 3 is 2.71 bits per heavy atom. The molecule has 0 bridgehead atoms. The lowest BCUT2D eigenvalue weighted by molar-refractivity contribution is -0.384. The average Bonchev–Trinajstić information content (AvgIpc) is 2.96. The van der Waals surface area contributed by atoms with Crippen LogP contribution in [0.4, 0.5) is 11.4 Å². The number of fused-ring (bicyclic) bond motifs is 1. The van der Waals surface area contributed by atoms with E-state index in [0.717, 1.165) is 15.6 Å². The van der Waals surface area contributed by atoms with Gasteiger partial charge in [0.05, 0.1) is 22.5 Å². The molecule has 0 saturated heterocycles. The highest BCUT2D eigenvalue weighted by Crippen LogP contribution is 2.29. The van der Waals surface area contributed by atoms with Crippen molar-refractivity contribution in [3.8, 4) is 0 Å². The van der Waals surface area contributed by atoms with Crippen LogP contribution >= 0.6 is 15.9 Å². The van der Waals surface area contributed by atoms with E-state index in [-0.39, 0.29) is 24.7 Å². The second-order valence-corrected chi connectivity index (χ2v) is 8.23. The molecule has 0 saturated carbocycles. The zero-order valence-corrected chi connectivity index (χ0v) is 19.3. The van der Waals surface area contributed by atoms with Crippen LogP contribution in [0.25, 0.3) is 0 Å². The summed E-state index contributed by atoms with van der Waals surface area (Å²) in [5.41, 5.74) is 5.56. The van der Waals surface area contributed by atoms with Gasteiger partial charge in [-0.3, -0.25) is 24.7 Å². The summed E-state index contributed by atoms with van der Waals surface area (Å²) < 4.78 is 0.815. The number of nitrogens with one attached hydrogen (secondary N) is 1. The third-order valence-corrected chi connectivity index (χ3v) is 5.50. The van der Waals surface area contributed by atoms with Crippen LogP contribution in [0.5, 0.6) is 0 Å². The first-order valence-electron chi connectivity index (χ1n) is 10.2. The van der Waals surface area contributed by atoms with Crippen molar-refractivity contribution in [2.24, 2.45) is 10.1 Å². The van der Waals surface area contributed by atoms with E-state index in [9.17, 15) is 19.7 Å².